The molecule has 350 valence electrons. The van der Waals surface area contributed by atoms with Gasteiger partial charge in [-0.1, -0.05) is 46.8 Å². The van der Waals surface area contributed by atoms with E-state index in [0.29, 0.717) is 60.5 Å². The minimum Gasteiger partial charge on any atom is -0.459 e. The van der Waals surface area contributed by atoms with Crippen LogP contribution in [0, 0.1) is 92.7 Å². The lowest BCUT2D eigenvalue weighted by Gasteiger charge is -2.63. The molecule has 6 N–H and O–H groups in total. The zero-order valence-electron chi connectivity index (χ0n) is 39.0. The summed E-state index contributed by atoms with van der Waals surface area (Å²) in [6.07, 6.45) is 15.1. The predicted octanol–water partition coefficient (Wildman–Crippen LogP) is 7.08. The first kappa shape index (κ1) is 45.5. The SMILES string of the molecule is C[C@H](CCCn1cc(COC(=O)CC[C@@H](C)[C@H]2CC[C@H]3[C@@H]4[C@H](O)C[C@@H]5C[C@H](O)CC[C@]5(C)[C@H]4C[C@H](O)[C@]23C)nn1)[C@H]1CC[C@H]2[C@@H]3[C@H](O)C[C@@H]4C[C@H](O)CC[C@]4(C)[C@H]3C[C@H](O)[C@]12C. The molecule has 8 fully saturated rings. The lowest BCUT2D eigenvalue weighted by molar-refractivity contribution is -0.207. The third kappa shape index (κ3) is 7.38. The topological polar surface area (TPSA) is 178 Å². The predicted molar refractivity (Wildman–Crippen MR) is 235 cm³/mol. The van der Waals surface area contributed by atoms with Gasteiger partial charge in [0.2, 0.25) is 0 Å². The van der Waals surface area contributed by atoms with Crippen LogP contribution in [-0.2, 0) is 22.7 Å². The van der Waals surface area contributed by atoms with Gasteiger partial charge in [-0.05, 0) is 202 Å². The van der Waals surface area contributed by atoms with Gasteiger partial charge in [0.05, 0.1) is 42.8 Å². The van der Waals surface area contributed by atoms with Gasteiger partial charge in [-0.3, -0.25) is 9.48 Å². The van der Waals surface area contributed by atoms with Crippen LogP contribution in [0.4, 0.5) is 0 Å². The minimum atomic E-state index is -0.440. The van der Waals surface area contributed by atoms with Crippen molar-refractivity contribution in [1.82, 2.24) is 15.0 Å². The van der Waals surface area contributed by atoms with E-state index in [1.807, 2.05) is 10.9 Å². The first-order valence-corrected chi connectivity index (χ1v) is 25.5. The van der Waals surface area contributed by atoms with Crippen LogP contribution in [0.25, 0.3) is 0 Å². The van der Waals surface area contributed by atoms with Crippen LogP contribution >= 0.6 is 0 Å². The molecule has 0 saturated heterocycles. The van der Waals surface area contributed by atoms with Crippen LogP contribution in [-0.4, -0.2) is 88.2 Å². The van der Waals surface area contributed by atoms with Crippen LogP contribution in [0.5, 0.6) is 0 Å². The summed E-state index contributed by atoms with van der Waals surface area (Å²) in [4.78, 5) is 13.1. The number of aromatic nitrogens is 3. The maximum absolute atomic E-state index is 13.1. The van der Waals surface area contributed by atoms with Gasteiger partial charge in [0.15, 0.2) is 0 Å². The van der Waals surface area contributed by atoms with Crippen molar-refractivity contribution in [2.45, 2.75) is 207 Å². The molecular formula is C51H83N3O8. The number of ether oxygens (including phenoxy) is 1. The zero-order chi connectivity index (χ0) is 44.1. The van der Waals surface area contributed by atoms with Crippen LogP contribution in [0.2, 0.25) is 0 Å². The summed E-state index contributed by atoms with van der Waals surface area (Å²) in [5.41, 5.74) is 0.278. The van der Waals surface area contributed by atoms with Crippen molar-refractivity contribution < 1.29 is 40.2 Å². The first-order chi connectivity index (χ1) is 29.4. The van der Waals surface area contributed by atoms with Gasteiger partial charge in [0, 0.05) is 13.0 Å². The molecule has 62 heavy (non-hydrogen) atoms. The van der Waals surface area contributed by atoms with E-state index in [4.69, 9.17) is 4.74 Å². The molecule has 0 radical (unpaired) electrons. The smallest absolute Gasteiger partial charge is 0.306 e. The van der Waals surface area contributed by atoms with Crippen LogP contribution in [0.15, 0.2) is 6.20 Å². The summed E-state index contributed by atoms with van der Waals surface area (Å²) >= 11 is 0. The number of aliphatic hydroxyl groups is 6. The Morgan fingerprint density at radius 3 is 1.71 bits per heavy atom. The summed E-state index contributed by atoms with van der Waals surface area (Å²) in [5, 5.41) is 76.8. The highest BCUT2D eigenvalue weighted by molar-refractivity contribution is 5.69. The van der Waals surface area contributed by atoms with Crippen LogP contribution in [0.3, 0.4) is 0 Å². The van der Waals surface area contributed by atoms with E-state index >= 15 is 0 Å². The van der Waals surface area contributed by atoms with Gasteiger partial charge >= 0.3 is 5.97 Å². The summed E-state index contributed by atoms with van der Waals surface area (Å²) in [6.45, 7) is 14.7. The Hall–Kier alpha value is -1.63. The number of aliphatic hydroxyl groups excluding tert-OH is 6. The molecule has 0 amide bonds. The molecule has 0 spiro atoms. The van der Waals surface area contributed by atoms with Gasteiger partial charge in [-0.15, -0.1) is 5.10 Å². The quantitative estimate of drug-likeness (QED) is 0.126. The molecule has 0 aliphatic heterocycles. The third-order valence-corrected chi connectivity index (χ3v) is 21.9. The molecule has 0 aromatic carbocycles. The summed E-state index contributed by atoms with van der Waals surface area (Å²) in [5.74, 6) is 3.30. The van der Waals surface area contributed by atoms with E-state index in [2.05, 4.69) is 51.9 Å². The molecule has 22 atom stereocenters. The second-order valence-electron chi connectivity index (χ2n) is 24.3. The van der Waals surface area contributed by atoms with E-state index < -0.39 is 6.10 Å². The monoisotopic (exact) mass is 866 g/mol. The molecule has 8 aliphatic rings. The number of aryl methyl sites for hydroxylation is 1. The van der Waals surface area contributed by atoms with Crippen molar-refractivity contribution in [3.8, 4) is 0 Å². The van der Waals surface area contributed by atoms with Crippen molar-refractivity contribution in [2.75, 3.05) is 0 Å². The fourth-order valence-corrected chi connectivity index (χ4v) is 18.3. The molecule has 11 heteroatoms. The van der Waals surface area contributed by atoms with Crippen molar-refractivity contribution in [1.29, 1.82) is 0 Å². The molecule has 1 aromatic rings. The highest BCUT2D eigenvalue weighted by Crippen LogP contribution is 2.70. The molecule has 0 bridgehead atoms. The Labute approximate surface area is 371 Å². The number of carbonyl (C=O) groups excluding carboxylic acids is 1. The zero-order valence-corrected chi connectivity index (χ0v) is 39.0. The Morgan fingerprint density at radius 2 is 1.19 bits per heavy atom. The largest absolute Gasteiger partial charge is 0.459 e. The van der Waals surface area contributed by atoms with Crippen molar-refractivity contribution in [2.24, 2.45) is 92.7 Å². The number of carbonyl (C=O) groups is 1. The third-order valence-electron chi connectivity index (χ3n) is 21.9. The number of rotatable bonds is 11. The molecule has 8 aliphatic carbocycles. The van der Waals surface area contributed by atoms with Gasteiger partial charge in [0.25, 0.3) is 0 Å². The van der Waals surface area contributed by atoms with E-state index in [1.54, 1.807) is 0 Å². The van der Waals surface area contributed by atoms with E-state index in [1.165, 1.54) is 0 Å². The van der Waals surface area contributed by atoms with Crippen LogP contribution in [0.1, 0.15) is 163 Å². The lowest BCUT2D eigenvalue weighted by Crippen LogP contribution is -2.62. The second kappa shape index (κ2) is 16.9. The Morgan fingerprint density at radius 1 is 0.694 bits per heavy atom. The standard InChI is InChI=1S/C51H83N3O8/c1-28(35-10-12-37-46-39(24-43(59)50(35,37)5)48(3)17-15-33(55)20-30(48)22-41(46)57)8-7-19-54-26-32(52-53-54)27-62-45(61)14-9-29(2)36-11-13-38-47-40(25-44(60)51(36,38)6)49(4)18-16-34(56)21-31(49)23-42(47)58/h26,28-31,33-44,46-47,55-60H,7-25,27H2,1-6H3/t28-,29-,30+,31+,33-,34-,35-,36-,37+,38+,39+,40+,41-,42-,43+,44+,46+,47+,48+,49+,50-,51-/m1/s1. The van der Waals surface area contributed by atoms with Gasteiger partial charge < -0.3 is 35.4 Å². The molecule has 8 saturated carbocycles. The number of esters is 1. The average Bonchev–Trinajstić information content (AvgIpc) is 3.94. The highest BCUT2D eigenvalue weighted by Gasteiger charge is 2.67. The molecule has 1 aromatic heterocycles. The minimum absolute atomic E-state index is 0.0544. The summed E-state index contributed by atoms with van der Waals surface area (Å²) < 4.78 is 7.57. The van der Waals surface area contributed by atoms with Gasteiger partial charge in [0.1, 0.15) is 12.3 Å². The second-order valence-corrected chi connectivity index (χ2v) is 24.3. The number of hydrogen-bond donors (Lipinski definition) is 6. The van der Waals surface area contributed by atoms with Gasteiger partial charge in [-0.25, -0.2) is 0 Å². The van der Waals surface area contributed by atoms with E-state index in [0.717, 1.165) is 103 Å². The Bertz CT molecular complexity index is 1760. The lowest BCUT2D eigenvalue weighted by atomic mass is 9.43. The Balaban J connectivity index is 0.730. The van der Waals surface area contributed by atoms with Crippen molar-refractivity contribution >= 4 is 5.97 Å². The van der Waals surface area contributed by atoms with Crippen molar-refractivity contribution in [3.05, 3.63) is 11.9 Å². The fraction of sp³-hybridized carbons (Fsp3) is 0.941. The molecular weight excluding hydrogens is 783 g/mol. The number of fused-ring (bicyclic) bond motifs is 10. The molecule has 1 heterocycles. The highest BCUT2D eigenvalue weighted by atomic mass is 16.5. The van der Waals surface area contributed by atoms with E-state index in [9.17, 15) is 35.4 Å². The Kier molecular flexibility index (Phi) is 12.4. The van der Waals surface area contributed by atoms with Gasteiger partial charge in [-0.2, -0.15) is 0 Å². The maximum Gasteiger partial charge on any atom is 0.306 e. The van der Waals surface area contributed by atoms with Crippen molar-refractivity contribution in [3.63, 3.8) is 0 Å². The summed E-state index contributed by atoms with van der Waals surface area (Å²) in [7, 11) is 0. The molecule has 11 nitrogen and oxygen atoms in total. The van der Waals surface area contributed by atoms with Crippen LogP contribution < -0.4 is 0 Å². The molecule has 9 rings (SSSR count). The fourth-order valence-electron chi connectivity index (χ4n) is 18.3. The first-order valence-electron chi connectivity index (χ1n) is 25.5. The van der Waals surface area contributed by atoms with E-state index in [-0.39, 0.29) is 100 Å². The molecule has 0 unspecified atom stereocenters. The summed E-state index contributed by atoms with van der Waals surface area (Å²) in [6, 6.07) is 0. The normalized spacial score (nSPS) is 50.6. The number of nitrogens with zero attached hydrogens (tertiary/aromatic N) is 3. The number of hydrogen-bond acceptors (Lipinski definition) is 10. The average molecular weight is 866 g/mol. The maximum atomic E-state index is 13.1.